The molecule has 1 aliphatic rings. The zero-order valence-electron chi connectivity index (χ0n) is 15.0. The first-order valence-corrected chi connectivity index (χ1v) is 9.03. The monoisotopic (exact) mass is 409 g/mol. The lowest BCUT2D eigenvalue weighted by Crippen LogP contribution is -2.35. The molecular weight excluding hydrogens is 392 g/mol. The van der Waals surface area contributed by atoms with E-state index in [0.717, 1.165) is 17.7 Å². The summed E-state index contributed by atoms with van der Waals surface area (Å²) < 4.78 is 37.3. The SMILES string of the molecule is C[C@H](NC(=O)COC(=O)[C@H]1COc2ccc(Cl)cc2C1)c1ccc(F)cc1F. The molecule has 2 aromatic carbocycles. The van der Waals surface area contributed by atoms with Crippen LogP contribution in [0.15, 0.2) is 36.4 Å². The molecule has 2 aromatic rings. The van der Waals surface area contributed by atoms with E-state index in [1.54, 1.807) is 25.1 Å². The van der Waals surface area contributed by atoms with E-state index in [4.69, 9.17) is 21.1 Å². The van der Waals surface area contributed by atoms with Gasteiger partial charge in [-0.05, 0) is 43.2 Å². The van der Waals surface area contributed by atoms with E-state index in [2.05, 4.69) is 5.32 Å². The molecule has 0 bridgehead atoms. The zero-order chi connectivity index (χ0) is 20.3. The minimum atomic E-state index is -0.763. The van der Waals surface area contributed by atoms with Crippen LogP contribution >= 0.6 is 11.6 Å². The van der Waals surface area contributed by atoms with Gasteiger partial charge in [-0.1, -0.05) is 17.7 Å². The molecule has 28 heavy (non-hydrogen) atoms. The van der Waals surface area contributed by atoms with Crippen LogP contribution in [0.25, 0.3) is 0 Å². The number of esters is 1. The number of nitrogens with one attached hydrogen (secondary N) is 1. The second-order valence-corrected chi connectivity index (χ2v) is 6.96. The van der Waals surface area contributed by atoms with Crippen molar-refractivity contribution >= 4 is 23.5 Å². The van der Waals surface area contributed by atoms with Crippen molar-refractivity contribution in [3.05, 3.63) is 64.2 Å². The number of amides is 1. The van der Waals surface area contributed by atoms with Crippen LogP contribution in [-0.4, -0.2) is 25.1 Å². The number of halogens is 3. The van der Waals surface area contributed by atoms with Crippen LogP contribution < -0.4 is 10.1 Å². The molecule has 0 spiro atoms. The van der Waals surface area contributed by atoms with E-state index in [1.165, 1.54) is 6.07 Å². The summed E-state index contributed by atoms with van der Waals surface area (Å²) in [5.41, 5.74) is 0.931. The number of carbonyl (C=O) groups is 2. The van der Waals surface area contributed by atoms with Crippen molar-refractivity contribution < 1.29 is 27.8 Å². The summed E-state index contributed by atoms with van der Waals surface area (Å²) >= 11 is 5.95. The molecule has 148 valence electrons. The van der Waals surface area contributed by atoms with Gasteiger partial charge in [0.05, 0.1) is 12.0 Å². The van der Waals surface area contributed by atoms with Gasteiger partial charge < -0.3 is 14.8 Å². The Morgan fingerprint density at radius 2 is 2.07 bits per heavy atom. The van der Waals surface area contributed by atoms with Crippen LogP contribution in [0.1, 0.15) is 24.1 Å². The number of hydrogen-bond acceptors (Lipinski definition) is 4. The molecule has 1 heterocycles. The minimum Gasteiger partial charge on any atom is -0.492 e. The summed E-state index contributed by atoms with van der Waals surface area (Å²) in [5.74, 6) is -2.51. The standard InChI is InChI=1S/C20H18ClF2NO4/c1-11(16-4-3-15(22)8-17(16)23)24-19(25)10-28-20(26)13-6-12-7-14(21)2-5-18(12)27-9-13/h2-5,7-8,11,13H,6,9-10H2,1H3,(H,24,25)/t11-,13+/m0/s1. The summed E-state index contributed by atoms with van der Waals surface area (Å²) in [6.07, 6.45) is 0.396. The highest BCUT2D eigenvalue weighted by molar-refractivity contribution is 6.30. The van der Waals surface area contributed by atoms with Crippen molar-refractivity contribution in [3.63, 3.8) is 0 Å². The summed E-state index contributed by atoms with van der Waals surface area (Å²) in [5, 5.41) is 3.05. The largest absolute Gasteiger partial charge is 0.492 e. The molecule has 1 aliphatic heterocycles. The lowest BCUT2D eigenvalue weighted by atomic mass is 9.97. The van der Waals surface area contributed by atoms with Gasteiger partial charge in [0.1, 0.15) is 24.0 Å². The fraction of sp³-hybridized carbons (Fsp3) is 0.300. The first-order valence-electron chi connectivity index (χ1n) is 8.65. The quantitative estimate of drug-likeness (QED) is 0.766. The third-order valence-corrected chi connectivity index (χ3v) is 4.65. The molecule has 3 rings (SSSR count). The topological polar surface area (TPSA) is 64.6 Å². The smallest absolute Gasteiger partial charge is 0.313 e. The molecule has 1 N–H and O–H groups in total. The molecule has 1 amide bonds. The molecule has 5 nitrogen and oxygen atoms in total. The first kappa shape index (κ1) is 20.1. The average molecular weight is 410 g/mol. The fourth-order valence-corrected chi connectivity index (χ4v) is 3.18. The molecule has 8 heteroatoms. The summed E-state index contributed by atoms with van der Waals surface area (Å²) in [4.78, 5) is 24.2. The maximum atomic E-state index is 13.8. The Balaban J connectivity index is 1.51. The van der Waals surface area contributed by atoms with Crippen LogP contribution in [0, 0.1) is 17.6 Å². The maximum Gasteiger partial charge on any atom is 0.313 e. The number of carbonyl (C=O) groups excluding carboxylic acids is 2. The molecule has 0 fully saturated rings. The Labute approximate surface area is 165 Å². The number of fused-ring (bicyclic) bond motifs is 1. The van der Waals surface area contributed by atoms with E-state index in [1.807, 2.05) is 0 Å². The normalized spacial score (nSPS) is 16.5. The summed E-state index contributed by atoms with van der Waals surface area (Å²) in [7, 11) is 0. The van der Waals surface area contributed by atoms with Crippen LogP contribution in [-0.2, 0) is 20.7 Å². The zero-order valence-corrected chi connectivity index (χ0v) is 15.8. The number of rotatable bonds is 5. The molecule has 2 atom stereocenters. The molecule has 0 saturated carbocycles. The van der Waals surface area contributed by atoms with Gasteiger partial charge in [-0.25, -0.2) is 8.78 Å². The highest BCUT2D eigenvalue weighted by atomic mass is 35.5. The second-order valence-electron chi connectivity index (χ2n) is 6.53. The van der Waals surface area contributed by atoms with Gasteiger partial charge in [0.15, 0.2) is 6.61 Å². The van der Waals surface area contributed by atoms with Gasteiger partial charge in [0.2, 0.25) is 0 Å². The number of ether oxygens (including phenoxy) is 2. The number of hydrogen-bond donors (Lipinski definition) is 1. The van der Waals surface area contributed by atoms with Crippen molar-refractivity contribution in [2.24, 2.45) is 5.92 Å². The van der Waals surface area contributed by atoms with Crippen molar-refractivity contribution in [2.45, 2.75) is 19.4 Å². The van der Waals surface area contributed by atoms with Crippen LogP contribution in [0.3, 0.4) is 0 Å². The first-order chi connectivity index (χ1) is 13.3. The molecular formula is C20H18ClF2NO4. The van der Waals surface area contributed by atoms with Crippen molar-refractivity contribution in [2.75, 3.05) is 13.2 Å². The minimum absolute atomic E-state index is 0.134. The van der Waals surface area contributed by atoms with Crippen LogP contribution in [0.5, 0.6) is 5.75 Å². The molecule has 0 aromatic heterocycles. The van der Waals surface area contributed by atoms with Crippen molar-refractivity contribution in [1.29, 1.82) is 0 Å². The Morgan fingerprint density at radius 3 is 2.82 bits per heavy atom. The van der Waals surface area contributed by atoms with Gasteiger partial charge in [0, 0.05) is 16.7 Å². The molecule has 0 radical (unpaired) electrons. The van der Waals surface area contributed by atoms with E-state index in [-0.39, 0.29) is 12.2 Å². The van der Waals surface area contributed by atoms with E-state index in [9.17, 15) is 18.4 Å². The maximum absolute atomic E-state index is 13.8. The lowest BCUT2D eigenvalue weighted by molar-refractivity contribution is -0.154. The third kappa shape index (κ3) is 4.78. The fourth-order valence-electron chi connectivity index (χ4n) is 2.98. The summed E-state index contributed by atoms with van der Waals surface area (Å²) in [6.45, 7) is 1.18. The highest BCUT2D eigenvalue weighted by Crippen LogP contribution is 2.30. The van der Waals surface area contributed by atoms with E-state index in [0.29, 0.717) is 17.2 Å². The van der Waals surface area contributed by atoms with Crippen molar-refractivity contribution in [1.82, 2.24) is 5.32 Å². The second kappa shape index (κ2) is 8.56. The van der Waals surface area contributed by atoms with E-state index < -0.39 is 42.1 Å². The predicted molar refractivity (Wildman–Crippen MR) is 98.0 cm³/mol. The van der Waals surface area contributed by atoms with Crippen LogP contribution in [0.4, 0.5) is 8.78 Å². The Kier molecular flexibility index (Phi) is 6.14. The van der Waals surface area contributed by atoms with Gasteiger partial charge in [-0.3, -0.25) is 9.59 Å². The Hall–Kier alpha value is -2.67. The van der Waals surface area contributed by atoms with Gasteiger partial charge in [-0.2, -0.15) is 0 Å². The van der Waals surface area contributed by atoms with Gasteiger partial charge in [0.25, 0.3) is 5.91 Å². The van der Waals surface area contributed by atoms with E-state index >= 15 is 0 Å². The third-order valence-electron chi connectivity index (χ3n) is 4.41. The van der Waals surface area contributed by atoms with Crippen LogP contribution in [0.2, 0.25) is 5.02 Å². The molecule has 0 saturated heterocycles. The van der Waals surface area contributed by atoms with Gasteiger partial charge in [-0.15, -0.1) is 0 Å². The summed E-state index contributed by atoms with van der Waals surface area (Å²) in [6, 6.07) is 7.56. The van der Waals surface area contributed by atoms with Crippen molar-refractivity contribution in [3.8, 4) is 5.75 Å². The van der Waals surface area contributed by atoms with Gasteiger partial charge >= 0.3 is 5.97 Å². The Bertz CT molecular complexity index is 906. The Morgan fingerprint density at radius 1 is 1.29 bits per heavy atom. The molecule has 0 aliphatic carbocycles. The molecule has 0 unspecified atom stereocenters. The highest BCUT2D eigenvalue weighted by Gasteiger charge is 2.28. The number of benzene rings is 2. The predicted octanol–water partition coefficient (Wildman–Crippen LogP) is 3.59. The lowest BCUT2D eigenvalue weighted by Gasteiger charge is -2.24. The average Bonchev–Trinajstić information content (AvgIpc) is 2.65.